The Morgan fingerprint density at radius 3 is 2.48 bits per heavy atom. The predicted octanol–water partition coefficient (Wildman–Crippen LogP) is 6.71. The normalized spacial score (nSPS) is 25.3. The van der Waals surface area contributed by atoms with E-state index in [-0.39, 0.29) is 53.7 Å². The van der Waals surface area contributed by atoms with Crippen LogP contribution in [-0.4, -0.2) is 66.0 Å². The molecular weight excluding hydrogens is 599 g/mol. The molecule has 2 aliphatic carbocycles. The van der Waals surface area contributed by atoms with Crippen molar-refractivity contribution in [2.75, 3.05) is 26.2 Å². The number of carbonyl (C=O) groups excluding carboxylic acids is 3. The number of carbonyl (C=O) groups is 3. The van der Waals surface area contributed by atoms with E-state index in [0.29, 0.717) is 28.8 Å². The average Bonchev–Trinajstić information content (AvgIpc) is 3.77. The van der Waals surface area contributed by atoms with Gasteiger partial charge in [-0.05, 0) is 79.5 Å². The lowest BCUT2D eigenvalue weighted by molar-refractivity contribution is -0.161. The molecule has 2 aromatic rings. The van der Waals surface area contributed by atoms with Crippen LogP contribution in [-0.2, 0) is 31.0 Å². The van der Waals surface area contributed by atoms with Crippen LogP contribution >= 0.6 is 23.2 Å². The smallest absolute Gasteiger partial charge is 0.308 e. The van der Waals surface area contributed by atoms with E-state index < -0.39 is 0 Å². The number of fused-ring (bicyclic) bond motifs is 1. The molecular formula is C35H44Cl2N2O5. The number of benzene rings is 2. The van der Waals surface area contributed by atoms with Gasteiger partial charge in [-0.2, -0.15) is 0 Å². The van der Waals surface area contributed by atoms with Crippen LogP contribution in [0.25, 0.3) is 0 Å². The topological polar surface area (TPSA) is 76.2 Å². The van der Waals surface area contributed by atoms with Gasteiger partial charge in [0.05, 0.1) is 16.5 Å². The van der Waals surface area contributed by atoms with Crippen LogP contribution in [0.15, 0.2) is 42.5 Å². The number of hydrogen-bond donors (Lipinski definition) is 0. The van der Waals surface area contributed by atoms with Gasteiger partial charge in [0.1, 0.15) is 11.9 Å². The van der Waals surface area contributed by atoms with Gasteiger partial charge in [-0.3, -0.25) is 14.4 Å². The second-order valence-corrected chi connectivity index (χ2v) is 14.3. The van der Waals surface area contributed by atoms with E-state index in [1.807, 2.05) is 23.1 Å². The van der Waals surface area contributed by atoms with Crippen molar-refractivity contribution in [1.29, 1.82) is 0 Å². The Morgan fingerprint density at radius 2 is 1.82 bits per heavy atom. The van der Waals surface area contributed by atoms with E-state index in [1.165, 1.54) is 26.7 Å². The van der Waals surface area contributed by atoms with Gasteiger partial charge in [0.2, 0.25) is 5.91 Å². The fourth-order valence-electron chi connectivity index (χ4n) is 7.45. The summed E-state index contributed by atoms with van der Waals surface area (Å²) in [5.74, 6) is 0.858. The third kappa shape index (κ3) is 7.78. The molecule has 2 saturated carbocycles. The van der Waals surface area contributed by atoms with Gasteiger partial charge < -0.3 is 19.3 Å². The molecule has 4 atom stereocenters. The predicted molar refractivity (Wildman–Crippen MR) is 172 cm³/mol. The maximum atomic E-state index is 14.1. The molecule has 238 valence electrons. The summed E-state index contributed by atoms with van der Waals surface area (Å²) in [5, 5.41) is 0.878. The first-order valence-corrected chi connectivity index (χ1v) is 16.6. The number of nitrogens with zero attached hydrogens (tertiary/aromatic N) is 2. The second kappa shape index (κ2) is 13.8. The van der Waals surface area contributed by atoms with Crippen molar-refractivity contribution < 1.29 is 23.9 Å². The van der Waals surface area contributed by atoms with Gasteiger partial charge in [0.15, 0.2) is 0 Å². The minimum absolute atomic E-state index is 0.0112. The van der Waals surface area contributed by atoms with E-state index in [1.54, 1.807) is 18.2 Å². The van der Waals surface area contributed by atoms with Crippen molar-refractivity contribution in [2.45, 2.75) is 83.8 Å². The monoisotopic (exact) mass is 642 g/mol. The molecule has 1 amide bonds. The summed E-state index contributed by atoms with van der Waals surface area (Å²) in [5.41, 5.74) is 1.49. The minimum Gasteiger partial charge on any atom is -0.462 e. The molecule has 5 rings (SSSR count). The highest BCUT2D eigenvalue weighted by Gasteiger charge is 2.55. The summed E-state index contributed by atoms with van der Waals surface area (Å²) in [6, 6.07) is 13.0. The van der Waals surface area contributed by atoms with Crippen molar-refractivity contribution in [3.63, 3.8) is 0 Å². The van der Waals surface area contributed by atoms with Gasteiger partial charge in [0, 0.05) is 57.3 Å². The molecule has 1 heterocycles. The molecule has 3 aliphatic rings. The van der Waals surface area contributed by atoms with E-state index in [0.717, 1.165) is 49.5 Å². The van der Waals surface area contributed by atoms with Crippen LogP contribution in [0, 0.1) is 17.8 Å². The first-order chi connectivity index (χ1) is 20.9. The summed E-state index contributed by atoms with van der Waals surface area (Å²) in [6.45, 7) is 10.5. The number of amides is 1. The van der Waals surface area contributed by atoms with Crippen molar-refractivity contribution >= 4 is 41.0 Å². The van der Waals surface area contributed by atoms with Crippen LogP contribution in [0.3, 0.4) is 0 Å². The van der Waals surface area contributed by atoms with Crippen molar-refractivity contribution in [3.8, 4) is 5.75 Å². The van der Waals surface area contributed by atoms with Gasteiger partial charge >= 0.3 is 11.9 Å². The van der Waals surface area contributed by atoms with Crippen LogP contribution in [0.4, 0.5) is 0 Å². The first-order valence-electron chi connectivity index (χ1n) is 15.9. The first kappa shape index (κ1) is 32.8. The lowest BCUT2D eigenvalue weighted by Crippen LogP contribution is -2.62. The highest BCUT2D eigenvalue weighted by Crippen LogP contribution is 2.52. The van der Waals surface area contributed by atoms with Gasteiger partial charge in [-0.1, -0.05) is 55.2 Å². The van der Waals surface area contributed by atoms with Crippen molar-refractivity contribution in [2.24, 2.45) is 17.8 Å². The number of halogens is 2. The molecule has 0 aromatic heterocycles. The molecule has 0 bridgehead atoms. The molecule has 9 heteroatoms. The number of hydrogen-bond acceptors (Lipinski definition) is 6. The third-order valence-electron chi connectivity index (χ3n) is 9.46. The molecule has 2 aromatic carbocycles. The van der Waals surface area contributed by atoms with E-state index in [9.17, 15) is 14.4 Å². The number of esters is 2. The van der Waals surface area contributed by atoms with Crippen LogP contribution in [0.2, 0.25) is 10.0 Å². The highest BCUT2D eigenvalue weighted by molar-refractivity contribution is 6.42. The zero-order chi connectivity index (χ0) is 31.6. The molecule has 3 fully saturated rings. The summed E-state index contributed by atoms with van der Waals surface area (Å²) in [7, 11) is 0. The van der Waals surface area contributed by atoms with Gasteiger partial charge in [-0.15, -0.1) is 0 Å². The molecule has 1 saturated heterocycles. The molecule has 7 nitrogen and oxygen atoms in total. The largest absolute Gasteiger partial charge is 0.462 e. The summed E-state index contributed by atoms with van der Waals surface area (Å²) in [4.78, 5) is 43.1. The van der Waals surface area contributed by atoms with Crippen molar-refractivity contribution in [3.05, 3.63) is 63.6 Å². The second-order valence-electron chi connectivity index (χ2n) is 13.4. The van der Waals surface area contributed by atoms with Gasteiger partial charge in [-0.25, -0.2) is 0 Å². The zero-order valence-electron chi connectivity index (χ0n) is 26.2. The average molecular weight is 644 g/mol. The van der Waals surface area contributed by atoms with Crippen LogP contribution < -0.4 is 4.74 Å². The molecule has 0 radical (unpaired) electrons. The SMILES string of the molecule is CC(=O)Oc1cccc([C@@]23CCN(CC4CC4)C[C@H]2C(OC(C)=O)C[C@@H](N(CC(C)C)C(=O)Cc2ccc(Cl)c(Cl)c2)C3)c1. The summed E-state index contributed by atoms with van der Waals surface area (Å²) in [6.07, 6.45) is 4.56. The highest BCUT2D eigenvalue weighted by atomic mass is 35.5. The van der Waals surface area contributed by atoms with Crippen LogP contribution in [0.5, 0.6) is 5.75 Å². The molecule has 44 heavy (non-hydrogen) atoms. The van der Waals surface area contributed by atoms with Gasteiger partial charge in [0.25, 0.3) is 0 Å². The van der Waals surface area contributed by atoms with E-state index in [4.69, 9.17) is 32.7 Å². The summed E-state index contributed by atoms with van der Waals surface area (Å²) >= 11 is 12.4. The molecule has 1 unspecified atom stereocenters. The van der Waals surface area contributed by atoms with E-state index in [2.05, 4.69) is 24.8 Å². The quantitative estimate of drug-likeness (QED) is 0.212. The van der Waals surface area contributed by atoms with Crippen LogP contribution in [0.1, 0.15) is 70.9 Å². The van der Waals surface area contributed by atoms with E-state index >= 15 is 0 Å². The number of likely N-dealkylation sites (tertiary alicyclic amines) is 1. The maximum Gasteiger partial charge on any atom is 0.308 e. The molecule has 0 N–H and O–H groups in total. The number of piperidine rings is 1. The zero-order valence-corrected chi connectivity index (χ0v) is 27.7. The lowest BCUT2D eigenvalue weighted by atomic mass is 9.56. The number of rotatable bonds is 10. The molecule has 1 aliphatic heterocycles. The Balaban J connectivity index is 1.53. The number of ether oxygens (including phenoxy) is 2. The summed E-state index contributed by atoms with van der Waals surface area (Å²) < 4.78 is 11.7. The maximum absolute atomic E-state index is 14.1. The van der Waals surface area contributed by atoms with Crippen molar-refractivity contribution in [1.82, 2.24) is 9.80 Å². The Kier molecular flexibility index (Phi) is 10.3. The minimum atomic E-state index is -0.377. The third-order valence-corrected chi connectivity index (χ3v) is 10.2. The Hall–Kier alpha value is -2.61. The fraction of sp³-hybridized carbons (Fsp3) is 0.571. The lowest BCUT2D eigenvalue weighted by Gasteiger charge is -2.57. The fourth-order valence-corrected chi connectivity index (χ4v) is 7.77. The molecule has 0 spiro atoms. The standard InChI is InChI=1S/C35H44Cl2N2O5/c1-22(2)19-39(34(42)15-26-10-11-31(36)32(37)14-26)28-17-33(44-24(4)41)30-21-38(20-25-8-9-25)13-12-35(30,18-28)27-6-5-7-29(16-27)43-23(3)40/h5-7,10-11,14,16,22,25,28,30,33H,8-9,12-13,15,17-21H2,1-4H3/t28-,30+,33?,35+/m1/s1. The Bertz CT molecular complexity index is 1380. The Labute approximate surface area is 271 Å². The Morgan fingerprint density at radius 1 is 1.05 bits per heavy atom.